The largest absolute Gasteiger partial charge is 0.319 e. The van der Waals surface area contributed by atoms with Gasteiger partial charge in [-0.25, -0.2) is 9.67 Å². The van der Waals surface area contributed by atoms with Gasteiger partial charge in [0.25, 0.3) is 11.5 Å². The number of amides is 1. The summed E-state index contributed by atoms with van der Waals surface area (Å²) < 4.78 is 2.99. The molecule has 1 N–H and O–H groups in total. The summed E-state index contributed by atoms with van der Waals surface area (Å²) in [6.45, 7) is 1.77. The van der Waals surface area contributed by atoms with Crippen molar-refractivity contribution in [3.05, 3.63) is 70.5 Å². The molecule has 0 aliphatic heterocycles. The second-order valence-electron chi connectivity index (χ2n) is 5.11. The first-order chi connectivity index (χ1) is 11.0. The van der Waals surface area contributed by atoms with Gasteiger partial charge in [-0.1, -0.05) is 6.07 Å². The maximum atomic E-state index is 12.4. The number of carbonyl (C=O) groups is 1. The van der Waals surface area contributed by atoms with Crippen molar-refractivity contribution in [2.45, 2.75) is 6.92 Å². The van der Waals surface area contributed by atoms with Crippen LogP contribution >= 0.6 is 0 Å². The van der Waals surface area contributed by atoms with E-state index >= 15 is 0 Å². The summed E-state index contributed by atoms with van der Waals surface area (Å²) in [5, 5.41) is 6.87. The van der Waals surface area contributed by atoms with E-state index in [1.165, 1.54) is 10.6 Å². The molecule has 3 aromatic rings. The van der Waals surface area contributed by atoms with E-state index in [1.807, 2.05) is 0 Å². The van der Waals surface area contributed by atoms with Gasteiger partial charge in [0, 0.05) is 31.7 Å². The molecule has 116 valence electrons. The number of anilines is 1. The highest BCUT2D eigenvalue weighted by Gasteiger charge is 2.11. The van der Waals surface area contributed by atoms with Crippen LogP contribution in [0.25, 0.3) is 5.82 Å². The first-order valence-electron chi connectivity index (χ1n) is 7.00. The van der Waals surface area contributed by atoms with Crippen LogP contribution in [-0.2, 0) is 7.05 Å². The molecule has 0 aliphatic rings. The standard InChI is InChI=1S/C16H15N5O2/c1-11-9-15(22)20(2)10-13(11)19-16(23)12-5-3-6-14(18-12)21-8-4-7-17-21/h3-10H,1-2H3,(H,19,23). The number of nitrogens with one attached hydrogen (secondary N) is 1. The molecule has 0 fully saturated rings. The van der Waals surface area contributed by atoms with Gasteiger partial charge in [0.15, 0.2) is 5.82 Å². The van der Waals surface area contributed by atoms with Gasteiger partial charge in [-0.2, -0.15) is 5.10 Å². The first kappa shape index (κ1) is 14.7. The van der Waals surface area contributed by atoms with Gasteiger partial charge < -0.3 is 9.88 Å². The number of aryl methyl sites for hydroxylation is 2. The fourth-order valence-corrected chi connectivity index (χ4v) is 2.12. The Bertz CT molecular complexity index is 912. The Kier molecular flexibility index (Phi) is 3.76. The predicted molar refractivity (Wildman–Crippen MR) is 85.7 cm³/mol. The minimum atomic E-state index is -0.347. The Morgan fingerprint density at radius 2 is 2.09 bits per heavy atom. The zero-order chi connectivity index (χ0) is 16.4. The van der Waals surface area contributed by atoms with Gasteiger partial charge in [0.05, 0.1) is 5.69 Å². The lowest BCUT2D eigenvalue weighted by Gasteiger charge is -2.10. The second-order valence-corrected chi connectivity index (χ2v) is 5.11. The molecule has 7 nitrogen and oxygen atoms in total. The SMILES string of the molecule is Cc1cc(=O)n(C)cc1NC(=O)c1cccc(-n2cccn2)n1. The molecule has 0 radical (unpaired) electrons. The van der Waals surface area contributed by atoms with Crippen molar-refractivity contribution in [1.82, 2.24) is 19.3 Å². The molecule has 3 aromatic heterocycles. The Morgan fingerprint density at radius 1 is 1.26 bits per heavy atom. The molecular weight excluding hydrogens is 294 g/mol. The number of hydrogen-bond donors (Lipinski definition) is 1. The zero-order valence-corrected chi connectivity index (χ0v) is 12.7. The Morgan fingerprint density at radius 3 is 2.83 bits per heavy atom. The number of nitrogens with zero attached hydrogens (tertiary/aromatic N) is 4. The van der Waals surface area contributed by atoms with E-state index in [2.05, 4.69) is 15.4 Å². The average Bonchev–Trinajstić information content (AvgIpc) is 3.07. The molecule has 3 rings (SSSR count). The maximum Gasteiger partial charge on any atom is 0.274 e. The second kappa shape index (κ2) is 5.88. The number of rotatable bonds is 3. The van der Waals surface area contributed by atoms with Crippen molar-refractivity contribution >= 4 is 11.6 Å². The van der Waals surface area contributed by atoms with Crippen LogP contribution in [0.15, 0.2) is 53.7 Å². The number of carbonyl (C=O) groups excluding carboxylic acids is 1. The lowest BCUT2D eigenvalue weighted by atomic mass is 10.2. The summed E-state index contributed by atoms with van der Waals surface area (Å²) in [5.41, 5.74) is 1.42. The molecule has 0 spiro atoms. The summed E-state index contributed by atoms with van der Waals surface area (Å²) >= 11 is 0. The molecule has 0 aliphatic carbocycles. The van der Waals surface area contributed by atoms with Crippen molar-refractivity contribution in [1.29, 1.82) is 0 Å². The third-order valence-electron chi connectivity index (χ3n) is 3.39. The normalized spacial score (nSPS) is 10.5. The van der Waals surface area contributed by atoms with Crippen LogP contribution in [0.2, 0.25) is 0 Å². The molecule has 1 amide bonds. The smallest absolute Gasteiger partial charge is 0.274 e. The molecule has 0 saturated heterocycles. The van der Waals surface area contributed by atoms with Crippen LogP contribution in [0.3, 0.4) is 0 Å². The van der Waals surface area contributed by atoms with Gasteiger partial charge in [0.1, 0.15) is 5.69 Å². The topological polar surface area (TPSA) is 81.8 Å². The lowest BCUT2D eigenvalue weighted by Crippen LogP contribution is -2.20. The molecule has 0 atom stereocenters. The number of hydrogen-bond acceptors (Lipinski definition) is 4. The number of aromatic nitrogens is 4. The quantitative estimate of drug-likeness (QED) is 0.795. The van der Waals surface area contributed by atoms with Crippen molar-refractivity contribution in [2.24, 2.45) is 7.05 Å². The van der Waals surface area contributed by atoms with Crippen LogP contribution in [0.1, 0.15) is 16.1 Å². The summed E-state index contributed by atoms with van der Waals surface area (Å²) in [7, 11) is 1.63. The molecule has 0 aromatic carbocycles. The van der Waals surface area contributed by atoms with Crippen molar-refractivity contribution in [3.8, 4) is 5.82 Å². The highest BCUT2D eigenvalue weighted by atomic mass is 16.2. The summed E-state index contributed by atoms with van der Waals surface area (Å²) in [5.74, 6) is 0.209. The van der Waals surface area contributed by atoms with Gasteiger partial charge in [-0.05, 0) is 30.7 Å². The highest BCUT2D eigenvalue weighted by molar-refractivity contribution is 6.03. The van der Waals surface area contributed by atoms with Gasteiger partial charge in [0.2, 0.25) is 0 Å². The fourth-order valence-electron chi connectivity index (χ4n) is 2.12. The van der Waals surface area contributed by atoms with Crippen LogP contribution in [0.4, 0.5) is 5.69 Å². The molecular formula is C16H15N5O2. The summed E-state index contributed by atoms with van der Waals surface area (Å²) in [6.07, 6.45) is 4.98. The molecule has 0 unspecified atom stereocenters. The van der Waals surface area contributed by atoms with Gasteiger partial charge in [-0.15, -0.1) is 0 Å². The zero-order valence-electron chi connectivity index (χ0n) is 12.7. The van der Waals surface area contributed by atoms with Crippen molar-refractivity contribution in [3.63, 3.8) is 0 Å². The minimum Gasteiger partial charge on any atom is -0.319 e. The van der Waals surface area contributed by atoms with Crippen LogP contribution in [-0.4, -0.2) is 25.2 Å². The Hall–Kier alpha value is -3.22. The molecule has 23 heavy (non-hydrogen) atoms. The molecule has 7 heteroatoms. The molecule has 0 bridgehead atoms. The van der Waals surface area contributed by atoms with Crippen LogP contribution in [0, 0.1) is 6.92 Å². The van der Waals surface area contributed by atoms with E-state index in [1.54, 1.807) is 61.5 Å². The average molecular weight is 309 g/mol. The summed E-state index contributed by atoms with van der Waals surface area (Å²) in [4.78, 5) is 28.2. The predicted octanol–water partition coefficient (Wildman–Crippen LogP) is 1.53. The van der Waals surface area contributed by atoms with Crippen LogP contribution < -0.4 is 10.9 Å². The first-order valence-corrected chi connectivity index (χ1v) is 7.00. The van der Waals surface area contributed by atoms with E-state index in [4.69, 9.17) is 0 Å². The van der Waals surface area contributed by atoms with E-state index < -0.39 is 0 Å². The highest BCUT2D eigenvalue weighted by Crippen LogP contribution is 2.13. The minimum absolute atomic E-state index is 0.126. The van der Waals surface area contributed by atoms with E-state index in [-0.39, 0.29) is 17.2 Å². The number of pyridine rings is 2. The Balaban J connectivity index is 1.88. The van der Waals surface area contributed by atoms with Crippen molar-refractivity contribution in [2.75, 3.05) is 5.32 Å². The van der Waals surface area contributed by atoms with E-state index in [9.17, 15) is 9.59 Å². The van der Waals surface area contributed by atoms with Gasteiger partial charge >= 0.3 is 0 Å². The van der Waals surface area contributed by atoms with Crippen molar-refractivity contribution < 1.29 is 4.79 Å². The monoisotopic (exact) mass is 309 g/mol. The van der Waals surface area contributed by atoms with E-state index in [0.717, 1.165) is 0 Å². The lowest BCUT2D eigenvalue weighted by molar-refractivity contribution is 0.102. The summed E-state index contributed by atoms with van der Waals surface area (Å²) in [6, 6.07) is 8.39. The Labute approximate surface area is 132 Å². The van der Waals surface area contributed by atoms with Crippen LogP contribution in [0.5, 0.6) is 0 Å². The third-order valence-corrected chi connectivity index (χ3v) is 3.39. The molecule has 0 saturated carbocycles. The van der Waals surface area contributed by atoms with Gasteiger partial charge in [-0.3, -0.25) is 9.59 Å². The fraction of sp³-hybridized carbons (Fsp3) is 0.125. The van der Waals surface area contributed by atoms with E-state index in [0.29, 0.717) is 17.1 Å². The third kappa shape index (κ3) is 3.03. The molecule has 3 heterocycles. The maximum absolute atomic E-state index is 12.4.